The van der Waals surface area contributed by atoms with Crippen LogP contribution >= 0.6 is 0 Å². The molecule has 0 bridgehead atoms. The van der Waals surface area contributed by atoms with E-state index in [1.165, 1.54) is 11.0 Å². The van der Waals surface area contributed by atoms with Gasteiger partial charge in [-0.15, -0.1) is 0 Å². The van der Waals surface area contributed by atoms with Crippen LogP contribution in [0.25, 0.3) is 11.4 Å². The molecule has 0 radical (unpaired) electrons. The summed E-state index contributed by atoms with van der Waals surface area (Å²) >= 11 is 0. The second kappa shape index (κ2) is 8.25. The molecule has 0 aliphatic heterocycles. The lowest BCUT2D eigenvalue weighted by atomic mass is 9.57. The van der Waals surface area contributed by atoms with Gasteiger partial charge in [-0.25, -0.2) is 0 Å². The molecule has 1 aromatic heterocycles. The molecule has 0 spiro atoms. The van der Waals surface area contributed by atoms with Crippen molar-refractivity contribution in [3.8, 4) is 11.4 Å². The lowest BCUT2D eigenvalue weighted by Crippen LogP contribution is -2.65. The maximum atomic E-state index is 13.9. The van der Waals surface area contributed by atoms with Crippen molar-refractivity contribution in [2.45, 2.75) is 31.4 Å². The fourth-order valence-electron chi connectivity index (χ4n) is 6.20. The molecule has 0 amide bonds. The predicted molar refractivity (Wildman–Crippen MR) is 130 cm³/mol. The number of likely N-dealkylation sites (N-methyl/N-ethyl adjacent to an activating group) is 1. The molecule has 3 aliphatic rings. The third-order valence-corrected chi connectivity index (χ3v) is 7.82. The van der Waals surface area contributed by atoms with Gasteiger partial charge in [-0.2, -0.15) is 0 Å². The van der Waals surface area contributed by atoms with E-state index in [9.17, 15) is 39.6 Å². The number of aliphatic hydroxyl groups excluding tert-OH is 2. The SMILES string of the molecule is CC(=O)C1=C(O)C2(O)C(=O)C3=C(O)c4c(O)ccc(-n5ccc(C=O)c5)c4CC3CC2C(N(C)C)C1=O. The topological polar surface area (TPSA) is 157 Å². The zero-order valence-corrected chi connectivity index (χ0v) is 20.4. The number of aliphatic hydroxyl groups is 3. The number of carbonyl (C=O) groups is 4. The summed E-state index contributed by atoms with van der Waals surface area (Å²) < 4.78 is 1.67. The molecule has 1 heterocycles. The molecule has 4 N–H and O–H groups in total. The Balaban J connectivity index is 1.74. The summed E-state index contributed by atoms with van der Waals surface area (Å²) in [5, 5.41) is 44.6. The standard InChI is InChI=1S/C27H26N2O8/c1-12(31)19-24(34)22(28(2)3)16-9-14-8-15-17(29-7-6-13(10-29)11-30)4-5-18(32)21(15)23(33)20(14)26(36)27(16,37)25(19)35/h4-7,10-11,14,16,22,32-33,35,37H,8-9H2,1-3H3. The molecule has 4 unspecified atom stereocenters. The molecule has 1 fully saturated rings. The molecule has 10 nitrogen and oxygen atoms in total. The molecule has 1 saturated carbocycles. The number of fused-ring (bicyclic) bond motifs is 3. The van der Waals surface area contributed by atoms with Crippen molar-refractivity contribution in [2.24, 2.45) is 11.8 Å². The highest BCUT2D eigenvalue weighted by molar-refractivity contribution is 6.25. The lowest BCUT2D eigenvalue weighted by Gasteiger charge is -2.50. The van der Waals surface area contributed by atoms with Crippen LogP contribution in [0, 0.1) is 11.8 Å². The molecule has 2 aromatic rings. The summed E-state index contributed by atoms with van der Waals surface area (Å²) in [6, 6.07) is 3.51. The number of hydrogen-bond acceptors (Lipinski definition) is 9. The number of rotatable bonds is 4. The second-order valence-corrected chi connectivity index (χ2v) is 10.1. The number of hydrogen-bond donors (Lipinski definition) is 4. The Morgan fingerprint density at radius 3 is 2.46 bits per heavy atom. The third kappa shape index (κ3) is 3.25. The Hall–Kier alpha value is -4.02. The average molecular weight is 507 g/mol. The number of nitrogens with zero attached hydrogens (tertiary/aromatic N) is 2. The largest absolute Gasteiger partial charge is 0.508 e. The number of aromatic hydroxyl groups is 1. The minimum absolute atomic E-state index is 0.00630. The van der Waals surface area contributed by atoms with E-state index in [1.807, 2.05) is 0 Å². The van der Waals surface area contributed by atoms with Gasteiger partial charge in [0.25, 0.3) is 0 Å². The highest BCUT2D eigenvalue weighted by Crippen LogP contribution is 2.53. The molecule has 3 aliphatic carbocycles. The Kier molecular flexibility index (Phi) is 5.50. The van der Waals surface area contributed by atoms with Gasteiger partial charge < -0.3 is 25.0 Å². The smallest absolute Gasteiger partial charge is 0.202 e. The van der Waals surface area contributed by atoms with E-state index in [-0.39, 0.29) is 29.7 Å². The Bertz CT molecular complexity index is 1460. The van der Waals surface area contributed by atoms with Crippen LogP contribution in [0.2, 0.25) is 0 Å². The highest BCUT2D eigenvalue weighted by atomic mass is 16.3. The van der Waals surface area contributed by atoms with Crippen molar-refractivity contribution < 1.29 is 39.6 Å². The molecular weight excluding hydrogens is 480 g/mol. The first-order chi connectivity index (χ1) is 17.4. The first-order valence-electron chi connectivity index (χ1n) is 11.8. The van der Waals surface area contributed by atoms with Gasteiger partial charge in [0.05, 0.1) is 11.6 Å². The summed E-state index contributed by atoms with van der Waals surface area (Å²) in [6.07, 6.45) is 4.14. The fraction of sp³-hybridized carbons (Fsp3) is 0.333. The molecule has 0 saturated heterocycles. The Morgan fingerprint density at radius 2 is 1.86 bits per heavy atom. The molecule has 4 atom stereocenters. The summed E-state index contributed by atoms with van der Waals surface area (Å²) in [6.45, 7) is 1.07. The Morgan fingerprint density at radius 1 is 1.16 bits per heavy atom. The van der Waals surface area contributed by atoms with Crippen molar-refractivity contribution in [1.82, 2.24) is 9.47 Å². The normalized spacial score (nSPS) is 27.2. The average Bonchev–Trinajstić information content (AvgIpc) is 3.30. The molecular formula is C27H26N2O8. The third-order valence-electron chi connectivity index (χ3n) is 7.82. The fourth-order valence-corrected chi connectivity index (χ4v) is 6.20. The molecule has 192 valence electrons. The minimum atomic E-state index is -2.60. The van der Waals surface area contributed by atoms with Crippen LogP contribution in [-0.4, -0.2) is 79.3 Å². The number of Topliss-reactive ketones (excluding diaryl/α,β-unsaturated/α-hetero) is 3. The van der Waals surface area contributed by atoms with Gasteiger partial charge in [-0.05, 0) is 63.5 Å². The van der Waals surface area contributed by atoms with Crippen LogP contribution < -0.4 is 0 Å². The van der Waals surface area contributed by atoms with E-state index in [2.05, 4.69) is 0 Å². The van der Waals surface area contributed by atoms with Gasteiger partial charge >= 0.3 is 0 Å². The summed E-state index contributed by atoms with van der Waals surface area (Å²) in [7, 11) is 3.17. The van der Waals surface area contributed by atoms with Crippen molar-refractivity contribution in [2.75, 3.05) is 14.1 Å². The zero-order chi connectivity index (χ0) is 27.0. The van der Waals surface area contributed by atoms with Gasteiger partial charge in [0, 0.05) is 35.1 Å². The monoisotopic (exact) mass is 506 g/mol. The van der Waals surface area contributed by atoms with Gasteiger partial charge in [0.15, 0.2) is 23.5 Å². The quantitative estimate of drug-likeness (QED) is 0.358. The number of aldehydes is 1. The lowest BCUT2D eigenvalue weighted by molar-refractivity contribution is -0.153. The van der Waals surface area contributed by atoms with E-state index in [0.717, 1.165) is 6.92 Å². The summed E-state index contributed by atoms with van der Waals surface area (Å²) in [5.41, 5.74) is -1.89. The summed E-state index contributed by atoms with van der Waals surface area (Å²) in [4.78, 5) is 52.1. The van der Waals surface area contributed by atoms with Gasteiger partial charge in [-0.1, -0.05) is 0 Å². The van der Waals surface area contributed by atoms with Crippen LogP contribution in [0.3, 0.4) is 0 Å². The van der Waals surface area contributed by atoms with Crippen molar-refractivity contribution in [3.05, 3.63) is 64.2 Å². The van der Waals surface area contributed by atoms with Crippen LogP contribution in [0.4, 0.5) is 0 Å². The number of aromatic nitrogens is 1. The number of phenols is 1. The zero-order valence-electron chi connectivity index (χ0n) is 20.4. The number of carbonyl (C=O) groups excluding carboxylic acids is 4. The van der Waals surface area contributed by atoms with Gasteiger partial charge in [0.2, 0.25) is 5.78 Å². The van der Waals surface area contributed by atoms with E-state index < -0.39 is 57.9 Å². The summed E-state index contributed by atoms with van der Waals surface area (Å²) in [5.74, 6) is -6.07. The van der Waals surface area contributed by atoms with Crippen molar-refractivity contribution in [1.29, 1.82) is 0 Å². The van der Waals surface area contributed by atoms with E-state index in [0.29, 0.717) is 23.1 Å². The maximum Gasteiger partial charge on any atom is 0.202 e. The molecule has 10 heteroatoms. The molecule has 5 rings (SSSR count). The number of benzene rings is 1. The van der Waals surface area contributed by atoms with Crippen LogP contribution in [0.5, 0.6) is 5.75 Å². The van der Waals surface area contributed by atoms with E-state index in [1.54, 1.807) is 43.2 Å². The number of ketones is 3. The van der Waals surface area contributed by atoms with Crippen LogP contribution in [0.1, 0.15) is 34.8 Å². The first kappa shape index (κ1) is 24.7. The van der Waals surface area contributed by atoms with Gasteiger partial charge in [-0.3, -0.25) is 24.1 Å². The number of phenolic OH excluding ortho intramolecular Hbond substituents is 1. The van der Waals surface area contributed by atoms with Gasteiger partial charge in [0.1, 0.15) is 22.8 Å². The highest BCUT2D eigenvalue weighted by Gasteiger charge is 2.64. The Labute approximate surface area is 211 Å². The van der Waals surface area contributed by atoms with E-state index in [4.69, 9.17) is 0 Å². The van der Waals surface area contributed by atoms with Crippen LogP contribution in [0.15, 0.2) is 47.5 Å². The second-order valence-electron chi connectivity index (χ2n) is 10.1. The first-order valence-corrected chi connectivity index (χ1v) is 11.8. The maximum absolute atomic E-state index is 13.9. The molecule has 1 aromatic carbocycles. The van der Waals surface area contributed by atoms with E-state index >= 15 is 0 Å². The van der Waals surface area contributed by atoms with Crippen molar-refractivity contribution >= 4 is 29.4 Å². The van der Waals surface area contributed by atoms with Crippen LogP contribution in [-0.2, 0) is 20.8 Å². The van der Waals surface area contributed by atoms with Crippen molar-refractivity contribution in [3.63, 3.8) is 0 Å². The minimum Gasteiger partial charge on any atom is -0.508 e. The predicted octanol–water partition coefficient (Wildman–Crippen LogP) is 1.67. The molecule has 37 heavy (non-hydrogen) atoms.